The number of carbonyl (C=O) groups excluding carboxylic acids is 1. The van der Waals surface area contributed by atoms with Crippen molar-refractivity contribution in [3.63, 3.8) is 0 Å². The summed E-state index contributed by atoms with van der Waals surface area (Å²) >= 11 is 4.76. The number of carboxylic acid groups (broad SMARTS) is 1. The molecule has 2 aliphatic rings. The molecule has 3 atom stereocenters. The third-order valence-electron chi connectivity index (χ3n) is 6.04. The number of aromatic nitrogens is 1. The Morgan fingerprint density at radius 2 is 2.16 bits per heavy atom. The van der Waals surface area contributed by atoms with Crippen LogP contribution in [0.4, 0.5) is 8.78 Å². The first-order valence-electron chi connectivity index (χ1n) is 12.0. The number of carbonyl (C=O) groups is 2. The van der Waals surface area contributed by atoms with Gasteiger partial charge in [-0.05, 0) is 37.0 Å². The smallest absolute Gasteiger partial charge is 0.338 e. The number of benzene rings is 1. The molecule has 0 aliphatic carbocycles. The maximum Gasteiger partial charge on any atom is 0.338 e. The number of thiazole rings is 1. The molecule has 0 radical (unpaired) electrons. The van der Waals surface area contributed by atoms with E-state index in [1.165, 1.54) is 23.5 Å². The van der Waals surface area contributed by atoms with Gasteiger partial charge in [0.25, 0.3) is 0 Å². The van der Waals surface area contributed by atoms with Gasteiger partial charge in [0.2, 0.25) is 0 Å². The standard InChI is InChI=1S/C25H27BrF2N4O5S/c1-2-37-25(35)21-19(11-32-9-14(7-16(28)10-32)12-36-13-20(33)34)30-23(24-29-5-6-38-24)31-22(21)17-4-3-15(27)8-18(17)26/h3-6,8,14,16,22H,2,7,9-13H2,1H3,(H,30,31)(H,33,34)/t14?,16?,22-/m0/s1. The first kappa shape index (κ1) is 28.3. The average molecular weight is 613 g/mol. The van der Waals surface area contributed by atoms with Gasteiger partial charge in [-0.3, -0.25) is 9.89 Å². The van der Waals surface area contributed by atoms with Crippen LogP contribution >= 0.6 is 27.3 Å². The van der Waals surface area contributed by atoms with Gasteiger partial charge in [-0.2, -0.15) is 0 Å². The molecule has 0 saturated carbocycles. The minimum absolute atomic E-state index is 0.109. The Morgan fingerprint density at radius 3 is 2.84 bits per heavy atom. The summed E-state index contributed by atoms with van der Waals surface area (Å²) in [5, 5.41) is 14.5. The zero-order valence-electron chi connectivity index (χ0n) is 20.5. The number of aliphatic imine (C=N–C) groups is 1. The minimum Gasteiger partial charge on any atom is -0.480 e. The minimum atomic E-state index is -1.15. The second-order valence-electron chi connectivity index (χ2n) is 8.92. The highest BCUT2D eigenvalue weighted by Crippen LogP contribution is 2.37. The molecule has 13 heteroatoms. The van der Waals surface area contributed by atoms with Gasteiger partial charge in [-0.25, -0.2) is 23.4 Å². The van der Waals surface area contributed by atoms with Gasteiger partial charge in [0.05, 0.1) is 18.8 Å². The van der Waals surface area contributed by atoms with E-state index in [4.69, 9.17) is 19.6 Å². The summed E-state index contributed by atoms with van der Waals surface area (Å²) < 4.78 is 39.7. The molecule has 1 fully saturated rings. The number of nitrogens with zero attached hydrogens (tertiary/aromatic N) is 3. The molecule has 2 unspecified atom stereocenters. The first-order chi connectivity index (χ1) is 18.2. The van der Waals surface area contributed by atoms with Crippen molar-refractivity contribution in [2.75, 3.05) is 39.5 Å². The summed E-state index contributed by atoms with van der Waals surface area (Å²) in [5.74, 6) is -1.91. The number of likely N-dealkylation sites (tertiary alicyclic amines) is 1. The van der Waals surface area contributed by atoms with Crippen LogP contribution in [0.2, 0.25) is 0 Å². The van der Waals surface area contributed by atoms with Crippen LogP contribution in [-0.2, 0) is 19.1 Å². The Bertz CT molecular complexity index is 1230. The molecule has 2 aromatic rings. The lowest BCUT2D eigenvalue weighted by molar-refractivity contribution is -0.143. The normalized spacial score (nSPS) is 22.1. The highest BCUT2D eigenvalue weighted by atomic mass is 79.9. The van der Waals surface area contributed by atoms with Crippen LogP contribution < -0.4 is 5.32 Å². The number of halogens is 3. The van der Waals surface area contributed by atoms with Crippen LogP contribution in [-0.4, -0.2) is 78.4 Å². The highest BCUT2D eigenvalue weighted by molar-refractivity contribution is 9.10. The number of esters is 1. The number of nitrogens with one attached hydrogen (secondary N) is 1. The maximum atomic E-state index is 14.7. The lowest BCUT2D eigenvalue weighted by atomic mass is 9.94. The molecule has 2 aliphatic heterocycles. The van der Waals surface area contributed by atoms with Gasteiger partial charge in [0.1, 0.15) is 24.6 Å². The number of aliphatic carboxylic acids is 1. The van der Waals surface area contributed by atoms with E-state index in [0.717, 1.165) is 0 Å². The molecule has 9 nitrogen and oxygen atoms in total. The summed E-state index contributed by atoms with van der Waals surface area (Å²) in [6.45, 7) is 2.23. The van der Waals surface area contributed by atoms with Crippen molar-refractivity contribution in [3.8, 4) is 0 Å². The number of alkyl halides is 1. The molecule has 204 valence electrons. The molecule has 1 aromatic heterocycles. The zero-order chi connectivity index (χ0) is 27.2. The summed E-state index contributed by atoms with van der Waals surface area (Å²) in [6.07, 6.45) is 0.744. The van der Waals surface area contributed by atoms with Crippen molar-refractivity contribution in [3.05, 3.63) is 61.9 Å². The Hall–Kier alpha value is -2.74. The van der Waals surface area contributed by atoms with E-state index in [2.05, 4.69) is 26.2 Å². The van der Waals surface area contributed by atoms with Crippen molar-refractivity contribution in [2.45, 2.75) is 25.6 Å². The molecule has 0 amide bonds. The number of hydrogen-bond donors (Lipinski definition) is 2. The van der Waals surface area contributed by atoms with Gasteiger partial charge in [-0.1, -0.05) is 22.0 Å². The number of ether oxygens (including phenoxy) is 2. The Kier molecular flexibility index (Phi) is 9.58. The van der Waals surface area contributed by atoms with E-state index >= 15 is 0 Å². The maximum absolute atomic E-state index is 14.7. The monoisotopic (exact) mass is 612 g/mol. The van der Waals surface area contributed by atoms with Crippen molar-refractivity contribution in [1.82, 2.24) is 15.2 Å². The molecule has 0 spiro atoms. The summed E-state index contributed by atoms with van der Waals surface area (Å²) in [6, 6.07) is 3.32. The quantitative estimate of drug-likeness (QED) is 0.390. The van der Waals surface area contributed by atoms with Crippen LogP contribution in [0.15, 0.2) is 50.5 Å². The van der Waals surface area contributed by atoms with E-state index < -0.39 is 36.6 Å². The number of piperidine rings is 1. The zero-order valence-corrected chi connectivity index (χ0v) is 22.9. The van der Waals surface area contributed by atoms with Crippen LogP contribution in [0.3, 0.4) is 0 Å². The number of amidine groups is 1. The average Bonchev–Trinajstić information content (AvgIpc) is 3.38. The first-order valence-corrected chi connectivity index (χ1v) is 13.7. The second-order valence-corrected chi connectivity index (χ2v) is 10.7. The molecular weight excluding hydrogens is 586 g/mol. The van der Waals surface area contributed by atoms with Gasteiger partial charge in [0, 0.05) is 41.4 Å². The molecular formula is C25H27BrF2N4O5S. The van der Waals surface area contributed by atoms with Gasteiger partial charge in [-0.15, -0.1) is 11.3 Å². The third kappa shape index (κ3) is 7.01. The number of carboxylic acids is 1. The predicted molar refractivity (Wildman–Crippen MR) is 140 cm³/mol. The predicted octanol–water partition coefficient (Wildman–Crippen LogP) is 3.71. The molecule has 4 rings (SSSR count). The van der Waals surface area contributed by atoms with E-state index in [1.54, 1.807) is 24.6 Å². The Morgan fingerprint density at radius 1 is 1.34 bits per heavy atom. The van der Waals surface area contributed by atoms with Crippen LogP contribution in [0.25, 0.3) is 0 Å². The lowest BCUT2D eigenvalue weighted by Gasteiger charge is -2.36. The largest absolute Gasteiger partial charge is 0.480 e. The topological polar surface area (TPSA) is 113 Å². The molecule has 2 N–H and O–H groups in total. The number of hydrogen-bond acceptors (Lipinski definition) is 9. The van der Waals surface area contributed by atoms with Crippen LogP contribution in [0.1, 0.15) is 30.0 Å². The lowest BCUT2D eigenvalue weighted by Crippen LogP contribution is -2.47. The summed E-state index contributed by atoms with van der Waals surface area (Å²) in [4.78, 5) is 35.0. The van der Waals surface area contributed by atoms with E-state index in [-0.39, 0.29) is 44.2 Å². The number of rotatable bonds is 10. The fourth-order valence-corrected chi connectivity index (χ4v) is 5.74. The summed E-state index contributed by atoms with van der Waals surface area (Å²) in [7, 11) is 0. The van der Waals surface area contributed by atoms with Crippen LogP contribution in [0, 0.1) is 11.7 Å². The second kappa shape index (κ2) is 12.9. The fraction of sp³-hybridized carbons (Fsp3) is 0.440. The Balaban J connectivity index is 1.70. The van der Waals surface area contributed by atoms with Crippen molar-refractivity contribution >= 4 is 45.0 Å². The Labute approximate surface area is 230 Å². The summed E-state index contributed by atoms with van der Waals surface area (Å²) in [5.41, 5.74) is 1.27. The molecule has 1 aromatic carbocycles. The molecule has 0 bridgehead atoms. The fourth-order valence-electron chi connectivity index (χ4n) is 4.58. The van der Waals surface area contributed by atoms with Crippen LogP contribution in [0.5, 0.6) is 0 Å². The van der Waals surface area contributed by atoms with Gasteiger partial charge in [0.15, 0.2) is 10.8 Å². The van der Waals surface area contributed by atoms with E-state index in [9.17, 15) is 18.4 Å². The van der Waals surface area contributed by atoms with E-state index in [0.29, 0.717) is 33.1 Å². The third-order valence-corrected chi connectivity index (χ3v) is 7.50. The molecule has 3 heterocycles. The van der Waals surface area contributed by atoms with Gasteiger partial charge >= 0.3 is 11.9 Å². The van der Waals surface area contributed by atoms with Crippen molar-refractivity contribution in [1.29, 1.82) is 0 Å². The SMILES string of the molecule is CCOC(=O)C1=C(CN2CC(F)CC(COCC(=O)O)C2)NC(c2nccs2)=N[C@H]1c1ccc(F)cc1Br. The van der Waals surface area contributed by atoms with Crippen molar-refractivity contribution < 1.29 is 33.0 Å². The van der Waals surface area contributed by atoms with Gasteiger partial charge < -0.3 is 19.9 Å². The molecule has 1 saturated heterocycles. The van der Waals surface area contributed by atoms with Crippen molar-refractivity contribution in [2.24, 2.45) is 10.9 Å². The highest BCUT2D eigenvalue weighted by Gasteiger charge is 2.36. The van der Waals surface area contributed by atoms with E-state index in [1.807, 2.05) is 4.90 Å². The molecule has 38 heavy (non-hydrogen) atoms.